The molecule has 3 heterocycles. The maximum atomic E-state index is 13.1. The van der Waals surface area contributed by atoms with Gasteiger partial charge >= 0.3 is 0 Å². The Morgan fingerprint density at radius 3 is 2.61 bits per heavy atom. The minimum atomic E-state index is -4.02. The fraction of sp³-hybridized carbons (Fsp3) is 0.444. The van der Waals surface area contributed by atoms with Crippen LogP contribution >= 0.6 is 0 Å². The van der Waals surface area contributed by atoms with E-state index in [1.54, 1.807) is 24.0 Å². The number of hydrogen-bond donors (Lipinski definition) is 0. The highest BCUT2D eigenvalue weighted by Crippen LogP contribution is 2.34. The first-order valence-electron chi connectivity index (χ1n) is 9.16. The van der Waals surface area contributed by atoms with Crippen LogP contribution < -0.4 is 5.01 Å². The summed E-state index contributed by atoms with van der Waals surface area (Å²) in [5.74, 6) is 0.202. The molecule has 0 N–H and O–H groups in total. The average molecular weight is 403 g/mol. The van der Waals surface area contributed by atoms with Crippen LogP contribution in [0.25, 0.3) is 0 Å². The second-order valence-corrected chi connectivity index (χ2v) is 8.86. The van der Waals surface area contributed by atoms with E-state index >= 15 is 0 Å². The monoisotopic (exact) mass is 403 g/mol. The van der Waals surface area contributed by atoms with Crippen LogP contribution in [-0.4, -0.2) is 47.5 Å². The number of aryl methyl sites for hydroxylation is 2. The molecule has 1 aromatic carbocycles. The maximum Gasteiger partial charge on any atom is 0.286 e. The number of piperidine rings is 1. The van der Waals surface area contributed by atoms with Gasteiger partial charge in [0.25, 0.3) is 5.91 Å². The summed E-state index contributed by atoms with van der Waals surface area (Å²) >= 11 is 0. The fourth-order valence-corrected chi connectivity index (χ4v) is 4.88. The van der Waals surface area contributed by atoms with Crippen molar-refractivity contribution >= 4 is 26.5 Å². The van der Waals surface area contributed by atoms with Gasteiger partial charge in [-0.25, -0.2) is 8.42 Å². The van der Waals surface area contributed by atoms with Crippen molar-refractivity contribution < 1.29 is 17.7 Å². The summed E-state index contributed by atoms with van der Waals surface area (Å²) in [6, 6.07) is 4.95. The highest BCUT2D eigenvalue weighted by molar-refractivity contribution is 8.08. The molecule has 0 unspecified atom stereocenters. The Bertz CT molecular complexity index is 1050. The number of rotatable bonds is 3. The number of carbonyl (C=O) groups excluding carboxylic acids is 1. The molecule has 2 aromatic rings. The molecule has 0 spiro atoms. The third-order valence-corrected chi connectivity index (χ3v) is 6.52. The van der Waals surface area contributed by atoms with Crippen molar-refractivity contribution in [1.29, 1.82) is 0 Å². The van der Waals surface area contributed by atoms with Gasteiger partial charge in [-0.2, -0.15) is 10.1 Å². The molecule has 1 fully saturated rings. The third kappa shape index (κ3) is 3.28. The van der Waals surface area contributed by atoms with Crippen LogP contribution in [0.15, 0.2) is 32.7 Å². The number of benzene rings is 1. The number of amides is 1. The smallest absolute Gasteiger partial charge is 0.286 e. The van der Waals surface area contributed by atoms with E-state index in [1.807, 2.05) is 6.92 Å². The molecule has 2 aliphatic heterocycles. The second kappa shape index (κ2) is 7.01. The van der Waals surface area contributed by atoms with E-state index in [1.165, 1.54) is 11.1 Å². The molecule has 9 nitrogen and oxygen atoms in total. The van der Waals surface area contributed by atoms with E-state index in [0.29, 0.717) is 24.6 Å². The molecule has 148 valence electrons. The van der Waals surface area contributed by atoms with Gasteiger partial charge in [-0.05, 0) is 50.8 Å². The van der Waals surface area contributed by atoms with E-state index < -0.39 is 20.8 Å². The first kappa shape index (κ1) is 18.6. The van der Waals surface area contributed by atoms with Crippen LogP contribution in [-0.2, 0) is 21.2 Å². The SMILES string of the molecule is Cc1ccc2c(c1)N(Cc1nc(C)no1)N=C(C(=O)N1CCCCC1)S2(=O)=O. The molecular weight excluding hydrogens is 382 g/mol. The summed E-state index contributed by atoms with van der Waals surface area (Å²) < 4.78 is 31.5. The lowest BCUT2D eigenvalue weighted by Crippen LogP contribution is -2.45. The second-order valence-electron chi connectivity index (χ2n) is 7.03. The summed E-state index contributed by atoms with van der Waals surface area (Å²) in [5.41, 5.74) is 1.27. The minimum absolute atomic E-state index is 0.0599. The fourth-order valence-electron chi connectivity index (χ4n) is 3.42. The third-order valence-electron chi connectivity index (χ3n) is 4.83. The van der Waals surface area contributed by atoms with Gasteiger partial charge in [0.1, 0.15) is 6.54 Å². The van der Waals surface area contributed by atoms with E-state index in [-0.39, 0.29) is 17.3 Å². The Labute approximate surface area is 162 Å². The Morgan fingerprint density at radius 1 is 1.18 bits per heavy atom. The Morgan fingerprint density at radius 2 is 1.93 bits per heavy atom. The number of nitrogens with zero attached hydrogens (tertiary/aromatic N) is 5. The van der Waals surface area contributed by atoms with E-state index in [9.17, 15) is 13.2 Å². The van der Waals surface area contributed by atoms with Crippen LogP contribution in [0.1, 0.15) is 36.5 Å². The van der Waals surface area contributed by atoms with E-state index in [2.05, 4.69) is 15.2 Å². The predicted molar refractivity (Wildman–Crippen MR) is 101 cm³/mol. The highest BCUT2D eigenvalue weighted by atomic mass is 32.2. The maximum absolute atomic E-state index is 13.1. The number of sulfone groups is 1. The summed E-state index contributed by atoms with van der Waals surface area (Å²) in [5, 5.41) is 8.99. The van der Waals surface area contributed by atoms with Crippen LogP contribution in [0.2, 0.25) is 0 Å². The molecule has 0 atom stereocenters. The number of hydrogen-bond acceptors (Lipinski definition) is 8. The Balaban J connectivity index is 1.78. The van der Waals surface area contributed by atoms with E-state index in [0.717, 1.165) is 24.8 Å². The molecule has 0 bridgehead atoms. The summed E-state index contributed by atoms with van der Waals surface area (Å²) in [7, 11) is -4.02. The molecule has 1 amide bonds. The zero-order valence-corrected chi connectivity index (χ0v) is 16.6. The molecule has 0 radical (unpaired) electrons. The van der Waals surface area contributed by atoms with Gasteiger partial charge in [-0.1, -0.05) is 11.2 Å². The lowest BCUT2D eigenvalue weighted by molar-refractivity contribution is -0.124. The lowest BCUT2D eigenvalue weighted by Gasteiger charge is -2.30. The number of fused-ring (bicyclic) bond motifs is 1. The van der Waals surface area contributed by atoms with Crippen molar-refractivity contribution in [2.24, 2.45) is 5.10 Å². The minimum Gasteiger partial charge on any atom is -0.337 e. The molecular formula is C18H21N5O4S. The van der Waals surface area contributed by atoms with Gasteiger partial charge in [0.05, 0.1) is 10.6 Å². The van der Waals surface area contributed by atoms with Gasteiger partial charge in [-0.15, -0.1) is 0 Å². The van der Waals surface area contributed by atoms with Crippen LogP contribution in [0.3, 0.4) is 0 Å². The molecule has 0 aliphatic carbocycles. The topological polar surface area (TPSA) is 109 Å². The van der Waals surface area contributed by atoms with Crippen molar-refractivity contribution in [3.05, 3.63) is 35.5 Å². The molecule has 0 saturated carbocycles. The first-order chi connectivity index (χ1) is 13.4. The van der Waals surface area contributed by atoms with Crippen molar-refractivity contribution in [1.82, 2.24) is 15.0 Å². The lowest BCUT2D eigenvalue weighted by atomic mass is 10.1. The van der Waals surface area contributed by atoms with Crippen LogP contribution in [0, 0.1) is 13.8 Å². The number of hydrazone groups is 1. The normalized spacial score (nSPS) is 18.6. The van der Waals surface area contributed by atoms with Crippen molar-refractivity contribution in [2.75, 3.05) is 18.1 Å². The van der Waals surface area contributed by atoms with Gasteiger partial charge in [0.2, 0.25) is 20.8 Å². The van der Waals surface area contributed by atoms with Gasteiger partial charge in [0.15, 0.2) is 5.82 Å². The first-order valence-corrected chi connectivity index (χ1v) is 10.6. The number of anilines is 1. The van der Waals surface area contributed by atoms with Gasteiger partial charge < -0.3 is 9.42 Å². The van der Waals surface area contributed by atoms with E-state index in [4.69, 9.17) is 4.52 Å². The largest absolute Gasteiger partial charge is 0.337 e. The summed E-state index contributed by atoms with van der Waals surface area (Å²) in [6.45, 7) is 4.71. The number of likely N-dealkylation sites (tertiary alicyclic amines) is 1. The summed E-state index contributed by atoms with van der Waals surface area (Å²) in [4.78, 5) is 18.8. The van der Waals surface area contributed by atoms with Crippen LogP contribution in [0.4, 0.5) is 5.69 Å². The zero-order valence-electron chi connectivity index (χ0n) is 15.8. The molecule has 2 aliphatic rings. The standard InChI is InChI=1S/C18H21N5O4S/c1-12-6-7-15-14(10-12)23(11-16-19-13(2)21-27-16)20-17(28(15,25)26)18(24)22-8-4-3-5-9-22/h6-7,10H,3-5,8-9,11H2,1-2H3. The van der Waals surface area contributed by atoms with Crippen molar-refractivity contribution in [2.45, 2.75) is 44.6 Å². The van der Waals surface area contributed by atoms with Crippen LogP contribution in [0.5, 0.6) is 0 Å². The molecule has 28 heavy (non-hydrogen) atoms. The number of aromatic nitrogens is 2. The predicted octanol–water partition coefficient (Wildman–Crippen LogP) is 1.81. The van der Waals surface area contributed by atoms with Crippen molar-refractivity contribution in [3.8, 4) is 0 Å². The van der Waals surface area contributed by atoms with Crippen molar-refractivity contribution in [3.63, 3.8) is 0 Å². The molecule has 1 saturated heterocycles. The average Bonchev–Trinajstić information content (AvgIpc) is 3.09. The molecule has 1 aromatic heterocycles. The Kier molecular flexibility index (Phi) is 4.66. The van der Waals surface area contributed by atoms with Gasteiger partial charge in [-0.3, -0.25) is 9.80 Å². The van der Waals surface area contributed by atoms with Gasteiger partial charge in [0, 0.05) is 13.1 Å². The number of carbonyl (C=O) groups is 1. The highest BCUT2D eigenvalue weighted by Gasteiger charge is 2.40. The Hall–Kier alpha value is -2.75. The molecule has 4 rings (SSSR count). The zero-order chi connectivity index (χ0) is 19.9. The quantitative estimate of drug-likeness (QED) is 0.769. The summed E-state index contributed by atoms with van der Waals surface area (Å²) in [6.07, 6.45) is 2.76. The molecule has 10 heteroatoms.